The number of aromatic nitrogens is 1. The predicted octanol–water partition coefficient (Wildman–Crippen LogP) is 13.2. The second kappa shape index (κ2) is 11.1. The van der Waals surface area contributed by atoms with E-state index in [0.717, 1.165) is 5.69 Å². The summed E-state index contributed by atoms with van der Waals surface area (Å²) in [6, 6.07) is 68.7. The Kier molecular flexibility index (Phi) is 6.25. The summed E-state index contributed by atoms with van der Waals surface area (Å²) in [5.74, 6) is 0. The van der Waals surface area contributed by atoms with Gasteiger partial charge in [-0.25, -0.2) is 0 Å². The van der Waals surface area contributed by atoms with Crippen molar-refractivity contribution in [3.63, 3.8) is 0 Å². The fourth-order valence-electron chi connectivity index (χ4n) is 8.00. The molecule has 0 bridgehead atoms. The molecule has 0 aliphatic rings. The number of nitrogens with zero attached hydrogens (tertiary/aromatic N) is 1. The number of hydrogen-bond donors (Lipinski definition) is 0. The van der Waals surface area contributed by atoms with Gasteiger partial charge < -0.3 is 4.57 Å². The Morgan fingerprint density at radius 2 is 0.755 bits per heavy atom. The number of rotatable bonds is 4. The normalized spacial score (nSPS) is 11.7. The molecule has 0 spiro atoms. The molecule has 0 radical (unpaired) electrons. The van der Waals surface area contributed by atoms with E-state index in [2.05, 4.69) is 193 Å². The molecule has 0 saturated carbocycles. The second-order valence-electron chi connectivity index (χ2n) is 12.9. The first kappa shape index (κ1) is 27.7. The van der Waals surface area contributed by atoms with Crippen LogP contribution in [0.15, 0.2) is 188 Å². The minimum absolute atomic E-state index is 1.16. The molecule has 1 heteroatoms. The molecule has 0 atom stereocenters. The van der Waals surface area contributed by atoms with Crippen molar-refractivity contribution in [3.8, 4) is 39.1 Å². The zero-order chi connectivity index (χ0) is 32.3. The summed E-state index contributed by atoms with van der Waals surface area (Å²) in [4.78, 5) is 0. The summed E-state index contributed by atoms with van der Waals surface area (Å²) in [5, 5.41) is 10.3. The number of benzene rings is 9. The molecule has 49 heavy (non-hydrogen) atoms. The fraction of sp³-hybridized carbons (Fsp3) is 0. The highest BCUT2D eigenvalue weighted by atomic mass is 15.0. The predicted molar refractivity (Wildman–Crippen MR) is 210 cm³/mol. The van der Waals surface area contributed by atoms with Gasteiger partial charge in [-0.15, -0.1) is 0 Å². The highest BCUT2D eigenvalue weighted by Crippen LogP contribution is 2.43. The summed E-state index contributed by atoms with van der Waals surface area (Å²) in [5.41, 5.74) is 11.0. The summed E-state index contributed by atoms with van der Waals surface area (Å²) >= 11 is 0. The first-order valence-electron chi connectivity index (χ1n) is 16.9. The molecular weight excluding hydrogens is 591 g/mol. The summed E-state index contributed by atoms with van der Waals surface area (Å²) < 4.78 is 2.42. The molecule has 0 aliphatic carbocycles. The van der Waals surface area contributed by atoms with Crippen molar-refractivity contribution in [3.05, 3.63) is 188 Å². The maximum atomic E-state index is 2.42. The van der Waals surface area contributed by atoms with Crippen LogP contribution in [-0.2, 0) is 0 Å². The van der Waals surface area contributed by atoms with Crippen molar-refractivity contribution in [2.45, 2.75) is 0 Å². The van der Waals surface area contributed by atoms with Crippen molar-refractivity contribution in [1.82, 2.24) is 4.57 Å². The third-order valence-electron chi connectivity index (χ3n) is 10.2. The van der Waals surface area contributed by atoms with Gasteiger partial charge >= 0.3 is 0 Å². The summed E-state index contributed by atoms with van der Waals surface area (Å²) in [7, 11) is 0. The smallest absolute Gasteiger partial charge is 0.0547 e. The molecule has 10 aromatic rings. The van der Waals surface area contributed by atoms with Gasteiger partial charge in [0.2, 0.25) is 0 Å². The van der Waals surface area contributed by atoms with Crippen molar-refractivity contribution >= 4 is 54.1 Å². The van der Waals surface area contributed by atoms with E-state index < -0.39 is 0 Å². The van der Waals surface area contributed by atoms with E-state index in [4.69, 9.17) is 0 Å². The van der Waals surface area contributed by atoms with Crippen LogP contribution in [0.2, 0.25) is 0 Å². The molecule has 0 aliphatic heterocycles. The largest absolute Gasteiger partial charge is 0.309 e. The van der Waals surface area contributed by atoms with Crippen LogP contribution in [0, 0.1) is 0 Å². The molecule has 1 aromatic heterocycles. The van der Waals surface area contributed by atoms with Gasteiger partial charge in [0.05, 0.1) is 11.0 Å². The minimum atomic E-state index is 1.16. The van der Waals surface area contributed by atoms with E-state index >= 15 is 0 Å². The molecule has 0 saturated heterocycles. The Balaban J connectivity index is 1.19. The second-order valence-corrected chi connectivity index (χ2v) is 12.9. The van der Waals surface area contributed by atoms with Gasteiger partial charge in [-0.1, -0.05) is 158 Å². The highest BCUT2D eigenvalue weighted by Gasteiger charge is 2.18. The number of fused-ring (bicyclic) bond motifs is 9. The molecule has 9 aromatic carbocycles. The molecule has 0 N–H and O–H groups in total. The Morgan fingerprint density at radius 3 is 1.47 bits per heavy atom. The average molecular weight is 622 g/mol. The lowest BCUT2D eigenvalue weighted by Gasteiger charge is -2.15. The Morgan fingerprint density at radius 1 is 0.265 bits per heavy atom. The van der Waals surface area contributed by atoms with Gasteiger partial charge in [-0.05, 0) is 96.0 Å². The van der Waals surface area contributed by atoms with Crippen LogP contribution >= 0.6 is 0 Å². The highest BCUT2D eigenvalue weighted by molar-refractivity contribution is 6.26. The molecule has 1 heterocycles. The molecule has 10 rings (SSSR count). The molecule has 0 amide bonds. The molecule has 1 nitrogen and oxygen atoms in total. The molecular formula is C48H31N. The van der Waals surface area contributed by atoms with Gasteiger partial charge in [0.1, 0.15) is 0 Å². The third-order valence-corrected chi connectivity index (χ3v) is 10.2. The van der Waals surface area contributed by atoms with Crippen molar-refractivity contribution < 1.29 is 0 Å². The Bertz CT molecular complexity index is 2820. The van der Waals surface area contributed by atoms with E-state index in [9.17, 15) is 0 Å². The summed E-state index contributed by atoms with van der Waals surface area (Å²) in [6.45, 7) is 0. The standard InChI is InChI=1S/C48H31N/c1-2-13-32(14-3-1)33-25-28-35(29-26-33)49-46-23-11-10-21-44(46)48-43(22-12-24-47(48)49)37-16-5-4-15-36(37)34-27-30-42-40-19-7-6-17-38(40)39-18-8-9-20-41(39)45(42)31-34/h1-31H. The zero-order valence-electron chi connectivity index (χ0n) is 26.8. The van der Waals surface area contributed by atoms with Crippen molar-refractivity contribution in [2.24, 2.45) is 0 Å². The lowest BCUT2D eigenvalue weighted by Crippen LogP contribution is -1.94. The van der Waals surface area contributed by atoms with Crippen LogP contribution in [0.25, 0.3) is 93.2 Å². The van der Waals surface area contributed by atoms with Gasteiger partial charge in [-0.3, -0.25) is 0 Å². The van der Waals surface area contributed by atoms with Crippen LogP contribution in [0.3, 0.4) is 0 Å². The number of hydrogen-bond acceptors (Lipinski definition) is 0. The quantitative estimate of drug-likeness (QED) is 0.172. The van der Waals surface area contributed by atoms with Gasteiger partial charge in [0.15, 0.2) is 0 Å². The van der Waals surface area contributed by atoms with Crippen molar-refractivity contribution in [1.29, 1.82) is 0 Å². The molecule has 228 valence electrons. The van der Waals surface area contributed by atoms with Crippen molar-refractivity contribution in [2.75, 3.05) is 0 Å². The Hall–Kier alpha value is -6.44. The van der Waals surface area contributed by atoms with Gasteiger partial charge in [0.25, 0.3) is 0 Å². The lowest BCUT2D eigenvalue weighted by molar-refractivity contribution is 1.18. The van der Waals surface area contributed by atoms with Crippen LogP contribution in [0.1, 0.15) is 0 Å². The first-order valence-corrected chi connectivity index (χ1v) is 16.9. The van der Waals surface area contributed by atoms with Gasteiger partial charge in [-0.2, -0.15) is 0 Å². The minimum Gasteiger partial charge on any atom is -0.309 e. The average Bonchev–Trinajstić information content (AvgIpc) is 3.53. The third kappa shape index (κ3) is 4.33. The zero-order valence-corrected chi connectivity index (χ0v) is 26.8. The van der Waals surface area contributed by atoms with E-state index in [1.54, 1.807) is 0 Å². The van der Waals surface area contributed by atoms with Crippen LogP contribution in [0.4, 0.5) is 0 Å². The first-order chi connectivity index (χ1) is 24.3. The maximum Gasteiger partial charge on any atom is 0.0547 e. The topological polar surface area (TPSA) is 4.93 Å². The SMILES string of the molecule is c1ccc(-c2ccc(-n3c4ccccc4c4c(-c5ccccc5-c5ccc6c7ccccc7c7ccccc7c6c5)cccc43)cc2)cc1. The van der Waals surface area contributed by atoms with E-state index in [1.807, 2.05) is 0 Å². The van der Waals surface area contributed by atoms with E-state index in [1.165, 1.54) is 87.5 Å². The van der Waals surface area contributed by atoms with E-state index in [-0.39, 0.29) is 0 Å². The Labute approximate surface area is 284 Å². The van der Waals surface area contributed by atoms with Gasteiger partial charge in [0, 0.05) is 16.5 Å². The van der Waals surface area contributed by atoms with Crippen LogP contribution in [-0.4, -0.2) is 4.57 Å². The molecule has 0 fully saturated rings. The van der Waals surface area contributed by atoms with Crippen LogP contribution < -0.4 is 0 Å². The monoisotopic (exact) mass is 621 g/mol. The lowest BCUT2D eigenvalue weighted by atomic mass is 9.89. The maximum absolute atomic E-state index is 2.42. The number of para-hydroxylation sites is 1. The summed E-state index contributed by atoms with van der Waals surface area (Å²) in [6.07, 6.45) is 0. The van der Waals surface area contributed by atoms with Crippen LogP contribution in [0.5, 0.6) is 0 Å². The molecule has 0 unspecified atom stereocenters. The van der Waals surface area contributed by atoms with E-state index in [0.29, 0.717) is 0 Å². The fourth-order valence-corrected chi connectivity index (χ4v) is 8.00.